The van der Waals surface area contributed by atoms with E-state index >= 15 is 0 Å². The van der Waals surface area contributed by atoms with Crippen LogP contribution in [0.25, 0.3) is 0 Å². The van der Waals surface area contributed by atoms with Crippen LogP contribution in [-0.4, -0.2) is 18.4 Å². The topological polar surface area (TPSA) is 52.3 Å². The molecule has 1 unspecified atom stereocenters. The molecule has 0 aromatic heterocycles. The van der Waals surface area contributed by atoms with E-state index < -0.39 is 0 Å². The van der Waals surface area contributed by atoms with Gasteiger partial charge in [0.2, 0.25) is 0 Å². The molecule has 0 amide bonds. The molecule has 0 saturated heterocycles. The Labute approximate surface area is 119 Å². The fraction of sp³-hybridized carbons (Fsp3) is 0.235. The highest BCUT2D eigenvalue weighted by Crippen LogP contribution is 2.06. The van der Waals surface area contributed by atoms with E-state index in [-0.39, 0.29) is 11.8 Å². The number of ether oxygens (including phenoxy) is 1. The van der Waals surface area contributed by atoms with E-state index in [9.17, 15) is 4.79 Å². The Kier molecular flexibility index (Phi) is 5.47. The summed E-state index contributed by atoms with van der Waals surface area (Å²) >= 11 is 0. The first-order valence-electron chi connectivity index (χ1n) is 6.71. The van der Waals surface area contributed by atoms with Crippen molar-refractivity contribution in [3.63, 3.8) is 0 Å². The van der Waals surface area contributed by atoms with Crippen molar-refractivity contribution < 1.29 is 9.53 Å². The lowest BCUT2D eigenvalue weighted by molar-refractivity contribution is 0.0874. The largest absolute Gasteiger partial charge is 0.375 e. The lowest BCUT2D eigenvalue weighted by Crippen LogP contribution is -2.29. The number of carbonyl (C=O) groups is 1. The second-order valence-corrected chi connectivity index (χ2v) is 4.75. The van der Waals surface area contributed by atoms with Crippen molar-refractivity contribution >= 4 is 5.78 Å². The lowest BCUT2D eigenvalue weighted by atomic mass is 10.0. The minimum Gasteiger partial charge on any atom is -0.375 e. The fourth-order valence-corrected chi connectivity index (χ4v) is 1.94. The number of hydrogen-bond donors (Lipinski definition) is 1. The second kappa shape index (κ2) is 7.58. The number of nitrogens with two attached hydrogens (primary N) is 1. The second-order valence-electron chi connectivity index (χ2n) is 4.75. The monoisotopic (exact) mass is 269 g/mol. The van der Waals surface area contributed by atoms with E-state index in [0.29, 0.717) is 25.2 Å². The van der Waals surface area contributed by atoms with Crippen molar-refractivity contribution in [2.75, 3.05) is 6.61 Å². The van der Waals surface area contributed by atoms with Gasteiger partial charge in [-0.05, 0) is 5.56 Å². The summed E-state index contributed by atoms with van der Waals surface area (Å²) in [6, 6.07) is 18.8. The number of rotatable bonds is 7. The van der Waals surface area contributed by atoms with Gasteiger partial charge < -0.3 is 10.5 Å². The zero-order chi connectivity index (χ0) is 14.2. The predicted octanol–water partition coefficient (Wildman–Crippen LogP) is 2.80. The van der Waals surface area contributed by atoms with Crippen molar-refractivity contribution in [3.05, 3.63) is 71.8 Å². The van der Waals surface area contributed by atoms with Gasteiger partial charge >= 0.3 is 0 Å². The van der Waals surface area contributed by atoms with Gasteiger partial charge in [0, 0.05) is 18.0 Å². The highest BCUT2D eigenvalue weighted by Gasteiger charge is 2.11. The molecule has 0 aliphatic carbocycles. The van der Waals surface area contributed by atoms with Crippen LogP contribution in [0.1, 0.15) is 22.3 Å². The molecule has 0 radical (unpaired) electrons. The molecule has 2 rings (SSSR count). The molecular weight excluding hydrogens is 250 g/mol. The minimum absolute atomic E-state index is 0.0569. The molecule has 0 bridgehead atoms. The Hall–Kier alpha value is -1.97. The number of ketones is 1. The summed E-state index contributed by atoms with van der Waals surface area (Å²) in [5.74, 6) is 0.0569. The average molecular weight is 269 g/mol. The van der Waals surface area contributed by atoms with Gasteiger partial charge in [-0.25, -0.2) is 0 Å². The third kappa shape index (κ3) is 4.61. The molecule has 1 atom stereocenters. The van der Waals surface area contributed by atoms with E-state index in [2.05, 4.69) is 0 Å². The van der Waals surface area contributed by atoms with Gasteiger partial charge in [0.25, 0.3) is 0 Å². The number of carbonyl (C=O) groups excluding carboxylic acids is 1. The van der Waals surface area contributed by atoms with Crippen LogP contribution in [0, 0.1) is 0 Å². The molecule has 3 nitrogen and oxygen atoms in total. The molecule has 104 valence electrons. The van der Waals surface area contributed by atoms with Crippen LogP contribution < -0.4 is 5.73 Å². The number of hydrogen-bond acceptors (Lipinski definition) is 3. The third-order valence-corrected chi connectivity index (χ3v) is 2.99. The molecule has 2 aromatic carbocycles. The number of Topliss-reactive ketones (excluding diaryl/α,β-unsaturated/α-hetero) is 1. The van der Waals surface area contributed by atoms with E-state index in [1.807, 2.05) is 48.5 Å². The Morgan fingerprint density at radius 2 is 1.60 bits per heavy atom. The Morgan fingerprint density at radius 3 is 2.25 bits per heavy atom. The normalized spacial score (nSPS) is 12.1. The SMILES string of the molecule is NC(COCc1ccccc1)CC(=O)c1ccccc1. The Morgan fingerprint density at radius 1 is 1.00 bits per heavy atom. The first-order chi connectivity index (χ1) is 9.75. The van der Waals surface area contributed by atoms with Crippen molar-refractivity contribution in [1.82, 2.24) is 0 Å². The quantitative estimate of drug-likeness (QED) is 0.786. The third-order valence-electron chi connectivity index (χ3n) is 2.99. The van der Waals surface area contributed by atoms with Gasteiger partial charge in [0.1, 0.15) is 0 Å². The van der Waals surface area contributed by atoms with Gasteiger partial charge in [-0.2, -0.15) is 0 Å². The molecule has 0 spiro atoms. The van der Waals surface area contributed by atoms with Gasteiger partial charge in [0.15, 0.2) is 5.78 Å². The van der Waals surface area contributed by atoms with Crippen molar-refractivity contribution in [2.45, 2.75) is 19.1 Å². The van der Waals surface area contributed by atoms with Crippen molar-refractivity contribution in [2.24, 2.45) is 5.73 Å². The zero-order valence-corrected chi connectivity index (χ0v) is 11.4. The van der Waals surface area contributed by atoms with Crippen LogP contribution in [0.3, 0.4) is 0 Å². The zero-order valence-electron chi connectivity index (χ0n) is 11.4. The Bertz CT molecular complexity index is 525. The summed E-state index contributed by atoms with van der Waals surface area (Å²) < 4.78 is 5.54. The maximum atomic E-state index is 12.0. The lowest BCUT2D eigenvalue weighted by Gasteiger charge is -2.11. The van der Waals surface area contributed by atoms with Crippen molar-refractivity contribution in [1.29, 1.82) is 0 Å². The molecule has 3 heteroatoms. The first-order valence-corrected chi connectivity index (χ1v) is 6.71. The van der Waals surface area contributed by atoms with Crippen LogP contribution in [0.4, 0.5) is 0 Å². The van der Waals surface area contributed by atoms with E-state index in [1.54, 1.807) is 12.1 Å². The highest BCUT2D eigenvalue weighted by molar-refractivity contribution is 5.96. The molecule has 0 saturated carbocycles. The maximum Gasteiger partial charge on any atom is 0.164 e. The van der Waals surface area contributed by atoms with Crippen LogP contribution in [0.15, 0.2) is 60.7 Å². The Balaban J connectivity index is 1.73. The molecule has 0 aliphatic rings. The van der Waals surface area contributed by atoms with Gasteiger partial charge in [0.05, 0.1) is 13.2 Å². The van der Waals surface area contributed by atoms with Crippen LogP contribution in [0.2, 0.25) is 0 Å². The molecule has 0 heterocycles. The van der Waals surface area contributed by atoms with Crippen LogP contribution >= 0.6 is 0 Å². The molecule has 0 fully saturated rings. The fourth-order valence-electron chi connectivity index (χ4n) is 1.94. The summed E-state index contributed by atoms with van der Waals surface area (Å²) in [7, 11) is 0. The standard InChI is InChI=1S/C17H19NO2/c18-16(11-17(19)15-9-5-2-6-10-15)13-20-12-14-7-3-1-4-8-14/h1-10,16H,11-13,18H2. The van der Waals surface area contributed by atoms with E-state index in [0.717, 1.165) is 5.56 Å². The van der Waals surface area contributed by atoms with Crippen LogP contribution in [-0.2, 0) is 11.3 Å². The van der Waals surface area contributed by atoms with Crippen LogP contribution in [0.5, 0.6) is 0 Å². The molecule has 2 N–H and O–H groups in total. The summed E-state index contributed by atoms with van der Waals surface area (Å²) in [4.78, 5) is 12.0. The van der Waals surface area contributed by atoms with E-state index in [1.165, 1.54) is 0 Å². The minimum atomic E-state index is -0.272. The maximum absolute atomic E-state index is 12.0. The van der Waals surface area contributed by atoms with Gasteiger partial charge in [-0.1, -0.05) is 60.7 Å². The summed E-state index contributed by atoms with van der Waals surface area (Å²) in [6.45, 7) is 0.904. The van der Waals surface area contributed by atoms with Gasteiger partial charge in [-0.15, -0.1) is 0 Å². The number of benzene rings is 2. The summed E-state index contributed by atoms with van der Waals surface area (Å²) in [6.07, 6.45) is 0.304. The van der Waals surface area contributed by atoms with Gasteiger partial charge in [-0.3, -0.25) is 4.79 Å². The summed E-state index contributed by atoms with van der Waals surface area (Å²) in [5, 5.41) is 0. The predicted molar refractivity (Wildman–Crippen MR) is 79.5 cm³/mol. The summed E-state index contributed by atoms with van der Waals surface area (Å²) in [5.41, 5.74) is 7.74. The highest BCUT2D eigenvalue weighted by atomic mass is 16.5. The molecular formula is C17H19NO2. The molecule has 0 aliphatic heterocycles. The van der Waals surface area contributed by atoms with E-state index in [4.69, 9.17) is 10.5 Å². The molecule has 2 aromatic rings. The smallest absolute Gasteiger partial charge is 0.164 e. The van der Waals surface area contributed by atoms with Crippen molar-refractivity contribution in [3.8, 4) is 0 Å². The first kappa shape index (κ1) is 14.4. The molecule has 20 heavy (non-hydrogen) atoms. The average Bonchev–Trinajstić information content (AvgIpc) is 2.49.